The molecule has 1 amide bonds. The summed E-state index contributed by atoms with van der Waals surface area (Å²) in [6.07, 6.45) is 0. The molecule has 0 aliphatic rings. The van der Waals surface area contributed by atoms with Gasteiger partial charge in [0.1, 0.15) is 5.82 Å². The van der Waals surface area contributed by atoms with E-state index in [-0.39, 0.29) is 5.56 Å². The molecule has 2 N–H and O–H groups in total. The highest BCUT2D eigenvalue weighted by Crippen LogP contribution is 2.16. The maximum atomic E-state index is 13.9. The molecule has 3 rings (SSSR count). The van der Waals surface area contributed by atoms with Crippen molar-refractivity contribution in [1.29, 1.82) is 0 Å². The Kier molecular flexibility index (Phi) is 6.53. The molecule has 3 aromatic rings. The van der Waals surface area contributed by atoms with E-state index in [9.17, 15) is 9.18 Å². The lowest BCUT2D eigenvalue weighted by Gasteiger charge is -2.13. The summed E-state index contributed by atoms with van der Waals surface area (Å²) in [7, 11) is 1.89. The van der Waals surface area contributed by atoms with Crippen LogP contribution in [-0.2, 0) is 13.6 Å². The average Bonchev–Trinajstić information content (AvgIpc) is 2.92. The number of carbonyl (C=O) groups excluding carboxylic acids is 1. The van der Waals surface area contributed by atoms with E-state index in [0.717, 1.165) is 33.8 Å². The molecule has 0 aliphatic carbocycles. The van der Waals surface area contributed by atoms with Crippen molar-refractivity contribution in [3.63, 3.8) is 0 Å². The van der Waals surface area contributed by atoms with Crippen molar-refractivity contribution in [1.82, 2.24) is 15.1 Å². The summed E-state index contributed by atoms with van der Waals surface area (Å²) in [6, 6.07) is 10.4. The van der Waals surface area contributed by atoms with Crippen LogP contribution in [0.3, 0.4) is 0 Å². The number of aryl methyl sites for hydroxylation is 5. The molecule has 6 nitrogen and oxygen atoms in total. The zero-order valence-electron chi connectivity index (χ0n) is 18.8. The van der Waals surface area contributed by atoms with Crippen LogP contribution >= 0.6 is 0 Å². The number of guanidine groups is 1. The van der Waals surface area contributed by atoms with Crippen LogP contribution in [-0.4, -0.2) is 21.6 Å². The first-order chi connectivity index (χ1) is 14.6. The number of hydrogen-bond acceptors (Lipinski definition) is 3. The number of halogens is 1. The number of rotatable bonds is 4. The molecule has 1 heterocycles. The van der Waals surface area contributed by atoms with E-state index in [1.54, 1.807) is 19.1 Å². The fraction of sp³-hybridized carbons (Fsp3) is 0.292. The van der Waals surface area contributed by atoms with E-state index < -0.39 is 11.7 Å². The zero-order valence-corrected chi connectivity index (χ0v) is 18.8. The number of carbonyl (C=O) groups is 1. The van der Waals surface area contributed by atoms with E-state index in [1.807, 2.05) is 51.6 Å². The van der Waals surface area contributed by atoms with Gasteiger partial charge in [-0.15, -0.1) is 0 Å². The number of nitrogens with zero attached hydrogens (tertiary/aromatic N) is 3. The summed E-state index contributed by atoms with van der Waals surface area (Å²) < 4.78 is 15.7. The van der Waals surface area contributed by atoms with Crippen molar-refractivity contribution in [2.45, 2.75) is 41.2 Å². The lowest BCUT2D eigenvalue weighted by molar-refractivity contribution is 0.0976. The van der Waals surface area contributed by atoms with Gasteiger partial charge in [-0.25, -0.2) is 9.38 Å². The van der Waals surface area contributed by atoms with Gasteiger partial charge in [-0.05, 0) is 75.6 Å². The van der Waals surface area contributed by atoms with Gasteiger partial charge >= 0.3 is 0 Å². The number of aromatic nitrogens is 2. The van der Waals surface area contributed by atoms with Gasteiger partial charge in [-0.3, -0.25) is 14.8 Å². The van der Waals surface area contributed by atoms with E-state index in [4.69, 9.17) is 0 Å². The van der Waals surface area contributed by atoms with E-state index >= 15 is 0 Å². The van der Waals surface area contributed by atoms with Crippen molar-refractivity contribution in [2.75, 3.05) is 5.32 Å². The fourth-order valence-corrected chi connectivity index (χ4v) is 3.41. The van der Waals surface area contributed by atoms with Gasteiger partial charge in [0, 0.05) is 29.6 Å². The Labute approximate surface area is 182 Å². The second kappa shape index (κ2) is 9.12. The van der Waals surface area contributed by atoms with Gasteiger partial charge < -0.3 is 5.32 Å². The number of nitrogens with one attached hydrogen (secondary N) is 2. The smallest absolute Gasteiger partial charge is 0.258 e. The molecule has 0 aliphatic heterocycles. The summed E-state index contributed by atoms with van der Waals surface area (Å²) in [6.45, 7) is 9.93. The highest BCUT2D eigenvalue weighted by molar-refractivity contribution is 6.10. The number of anilines is 1. The first-order valence-electron chi connectivity index (χ1n) is 10.1. The molecule has 1 aromatic heterocycles. The van der Waals surface area contributed by atoms with Crippen molar-refractivity contribution in [3.05, 3.63) is 81.4 Å². The average molecular weight is 422 g/mol. The second-order valence-electron chi connectivity index (χ2n) is 7.86. The molecule has 0 atom stereocenters. The molecule has 0 unspecified atom stereocenters. The third-order valence-electron chi connectivity index (χ3n) is 5.20. The minimum absolute atomic E-state index is 0.228. The summed E-state index contributed by atoms with van der Waals surface area (Å²) in [4.78, 5) is 17.4. The molecule has 162 valence electrons. The van der Waals surface area contributed by atoms with Crippen molar-refractivity contribution >= 4 is 17.6 Å². The van der Waals surface area contributed by atoms with Crippen LogP contribution in [0, 0.1) is 40.4 Å². The Bertz CT molecular complexity index is 1140. The highest BCUT2D eigenvalue weighted by atomic mass is 19.1. The van der Waals surface area contributed by atoms with E-state index in [0.29, 0.717) is 18.1 Å². The Hall–Kier alpha value is -3.48. The summed E-state index contributed by atoms with van der Waals surface area (Å²) in [5, 5.41) is 10.4. The molecular formula is C24H28FN5O. The predicted molar refractivity (Wildman–Crippen MR) is 122 cm³/mol. The lowest BCUT2D eigenvalue weighted by Crippen LogP contribution is -2.36. The predicted octanol–water partition coefficient (Wildman–Crippen LogP) is 4.50. The van der Waals surface area contributed by atoms with Crippen LogP contribution in [0.25, 0.3) is 0 Å². The van der Waals surface area contributed by atoms with Gasteiger partial charge in [0.2, 0.25) is 5.96 Å². The van der Waals surface area contributed by atoms with Gasteiger partial charge in [0.25, 0.3) is 5.91 Å². The lowest BCUT2D eigenvalue weighted by atomic mass is 10.1. The van der Waals surface area contributed by atoms with Crippen LogP contribution in [0.4, 0.5) is 10.1 Å². The molecule has 0 spiro atoms. The number of benzene rings is 2. The van der Waals surface area contributed by atoms with Crippen LogP contribution in [0.5, 0.6) is 0 Å². The molecule has 0 radical (unpaired) electrons. The molecule has 0 bridgehead atoms. The molecule has 0 saturated carbocycles. The van der Waals surface area contributed by atoms with Crippen molar-refractivity contribution in [3.8, 4) is 0 Å². The van der Waals surface area contributed by atoms with Crippen LogP contribution in [0.15, 0.2) is 41.4 Å². The Balaban J connectivity index is 1.90. The minimum Gasteiger partial charge on any atom is -0.326 e. The fourth-order valence-electron chi connectivity index (χ4n) is 3.41. The maximum Gasteiger partial charge on any atom is 0.258 e. The Morgan fingerprint density at radius 1 is 1.06 bits per heavy atom. The molecule has 0 saturated heterocycles. The molecular weight excluding hydrogens is 393 g/mol. The SMILES string of the molecule is Cc1cc(C)cc(NC(=NCc2c(C)nn(C)c2C)NC(=O)c2ccc(C)c(F)c2)c1. The minimum atomic E-state index is -0.436. The van der Waals surface area contributed by atoms with Gasteiger partial charge in [0.05, 0.1) is 12.2 Å². The standard InChI is InChI=1S/C24H28FN5O/c1-14-9-15(2)11-20(10-14)27-24(26-13-21-17(4)29-30(6)18(21)5)28-23(31)19-8-7-16(3)22(25)12-19/h7-12H,13H2,1-6H3,(H2,26,27,28,31). The van der Waals surface area contributed by atoms with Crippen LogP contribution < -0.4 is 10.6 Å². The Morgan fingerprint density at radius 3 is 2.32 bits per heavy atom. The molecule has 7 heteroatoms. The number of hydrogen-bond donors (Lipinski definition) is 2. The summed E-state index contributed by atoms with van der Waals surface area (Å²) in [5.41, 5.74) is 6.61. The molecule has 2 aromatic carbocycles. The maximum absolute atomic E-state index is 13.9. The van der Waals surface area contributed by atoms with Gasteiger partial charge in [-0.1, -0.05) is 12.1 Å². The largest absolute Gasteiger partial charge is 0.326 e. The van der Waals surface area contributed by atoms with Gasteiger partial charge in [-0.2, -0.15) is 5.10 Å². The summed E-state index contributed by atoms with van der Waals surface area (Å²) in [5.74, 6) is -0.567. The van der Waals surface area contributed by atoms with Gasteiger partial charge in [0.15, 0.2) is 0 Å². The van der Waals surface area contributed by atoms with Crippen molar-refractivity contribution < 1.29 is 9.18 Å². The quantitative estimate of drug-likeness (QED) is 0.481. The van der Waals surface area contributed by atoms with Crippen LogP contribution in [0.2, 0.25) is 0 Å². The van der Waals surface area contributed by atoms with Crippen molar-refractivity contribution in [2.24, 2.45) is 12.0 Å². The zero-order chi connectivity index (χ0) is 22.7. The molecule has 31 heavy (non-hydrogen) atoms. The normalized spacial score (nSPS) is 11.5. The highest BCUT2D eigenvalue weighted by Gasteiger charge is 2.13. The third kappa shape index (κ3) is 5.36. The van der Waals surface area contributed by atoms with Crippen LogP contribution in [0.1, 0.15) is 44.0 Å². The number of aliphatic imine (C=N–C) groups is 1. The third-order valence-corrected chi connectivity index (χ3v) is 5.20. The topological polar surface area (TPSA) is 71.3 Å². The monoisotopic (exact) mass is 421 g/mol. The first kappa shape index (κ1) is 22.2. The first-order valence-corrected chi connectivity index (χ1v) is 10.1. The van der Waals surface area contributed by atoms with E-state index in [1.165, 1.54) is 6.07 Å². The summed E-state index contributed by atoms with van der Waals surface area (Å²) >= 11 is 0. The molecule has 0 fully saturated rings. The number of amides is 1. The van der Waals surface area contributed by atoms with E-state index in [2.05, 4.69) is 26.8 Å². The Morgan fingerprint density at radius 2 is 1.74 bits per heavy atom. The second-order valence-corrected chi connectivity index (χ2v) is 7.86.